The summed E-state index contributed by atoms with van der Waals surface area (Å²) in [5, 5.41) is 5.93. The Bertz CT molecular complexity index is 195. The number of nitrogens with two attached hydrogens (primary N) is 3. The predicted molar refractivity (Wildman–Crippen MR) is 39.3 cm³/mol. The smallest absolute Gasteiger partial charge is 0.265 e. The summed E-state index contributed by atoms with van der Waals surface area (Å²) in [4.78, 5) is 13.9. The highest BCUT2D eigenvalue weighted by atomic mass is 16.1. The predicted octanol–water partition coefficient (Wildman–Crippen LogP) is -1.50. The van der Waals surface area contributed by atoms with Crippen molar-refractivity contribution in [2.24, 2.45) is 32.6 Å². The summed E-state index contributed by atoms with van der Waals surface area (Å²) >= 11 is 0. The minimum absolute atomic E-state index is 0.296. The van der Waals surface area contributed by atoms with E-state index in [4.69, 9.17) is 11.5 Å². The minimum atomic E-state index is -0.693. The first-order valence-corrected chi connectivity index (χ1v) is 2.82. The number of hydrogen-bond donors (Lipinski definition) is 3. The van der Waals surface area contributed by atoms with Gasteiger partial charge in [-0.05, 0) is 6.92 Å². The fourth-order valence-corrected chi connectivity index (χ4v) is 0.296. The summed E-state index contributed by atoms with van der Waals surface area (Å²) in [5.74, 6) is 3.78. The lowest BCUT2D eigenvalue weighted by Gasteiger charge is -1.95. The minimum Gasteiger partial charge on any atom is -0.366 e. The Hall–Kier alpha value is -1.50. The van der Waals surface area contributed by atoms with Gasteiger partial charge in [0.05, 0.1) is 6.04 Å². The normalized spacial score (nSPS) is 15.3. The average Bonchev–Trinajstić information content (AvgIpc) is 1.87. The van der Waals surface area contributed by atoms with Crippen molar-refractivity contribution in [2.75, 3.05) is 0 Å². The quantitative estimate of drug-likeness (QED) is 0.141. The third kappa shape index (κ3) is 3.98. The molecule has 0 radical (unpaired) electrons. The van der Waals surface area contributed by atoms with Crippen molar-refractivity contribution in [1.29, 1.82) is 0 Å². The highest BCUT2D eigenvalue weighted by Gasteiger charge is 2.05. The zero-order chi connectivity index (χ0) is 8.85. The van der Waals surface area contributed by atoms with E-state index in [1.165, 1.54) is 6.92 Å². The molecule has 0 saturated carbocycles. The Balaban J connectivity index is 4.19. The second-order valence-electron chi connectivity index (χ2n) is 1.81. The Morgan fingerprint density at radius 3 is 2.45 bits per heavy atom. The molecule has 0 fully saturated rings. The van der Waals surface area contributed by atoms with E-state index in [0.717, 1.165) is 0 Å². The molecular weight excluding hydrogens is 148 g/mol. The number of rotatable bonds is 1. The zero-order valence-electron chi connectivity index (χ0n) is 6.06. The second kappa shape index (κ2) is 4.34. The summed E-state index contributed by atoms with van der Waals surface area (Å²) in [6, 6.07) is -0.693. The molecule has 0 saturated heterocycles. The molecule has 11 heavy (non-hydrogen) atoms. The molecule has 7 nitrogen and oxygen atoms in total. The van der Waals surface area contributed by atoms with Gasteiger partial charge in [-0.2, -0.15) is 4.99 Å². The third-order valence-electron chi connectivity index (χ3n) is 0.774. The third-order valence-corrected chi connectivity index (χ3v) is 0.774. The van der Waals surface area contributed by atoms with E-state index in [0.29, 0.717) is 0 Å². The van der Waals surface area contributed by atoms with Crippen molar-refractivity contribution in [2.45, 2.75) is 13.0 Å². The fourth-order valence-electron chi connectivity index (χ4n) is 0.296. The van der Waals surface area contributed by atoms with E-state index in [2.05, 4.69) is 21.2 Å². The standard InChI is InChI=1S/C4H10N6O/c1-2(5)3(11)8-4(6)9-10-7/h2H,5H2,1H3,(H4,6,7,8,9,11)/t2-/m0/s1. The van der Waals surface area contributed by atoms with Crippen LogP contribution < -0.4 is 17.3 Å². The van der Waals surface area contributed by atoms with Gasteiger partial charge < -0.3 is 17.3 Å². The van der Waals surface area contributed by atoms with Crippen molar-refractivity contribution in [1.82, 2.24) is 0 Å². The maximum absolute atomic E-state index is 10.7. The monoisotopic (exact) mass is 158 g/mol. The van der Waals surface area contributed by atoms with E-state index in [1.54, 1.807) is 0 Å². The van der Waals surface area contributed by atoms with Crippen LogP contribution in [0.5, 0.6) is 0 Å². The maximum atomic E-state index is 10.7. The molecule has 0 aromatic carbocycles. The average molecular weight is 158 g/mol. The highest BCUT2D eigenvalue weighted by Crippen LogP contribution is 1.82. The van der Waals surface area contributed by atoms with Crippen LogP contribution in [-0.4, -0.2) is 17.9 Å². The van der Waals surface area contributed by atoms with E-state index in [1.807, 2.05) is 0 Å². The van der Waals surface area contributed by atoms with Crippen molar-refractivity contribution in [3.05, 3.63) is 0 Å². The summed E-state index contributed by atoms with van der Waals surface area (Å²) in [6.45, 7) is 1.48. The van der Waals surface area contributed by atoms with Crippen molar-refractivity contribution >= 4 is 11.9 Å². The van der Waals surface area contributed by atoms with Gasteiger partial charge in [-0.1, -0.05) is 10.3 Å². The van der Waals surface area contributed by atoms with Gasteiger partial charge in [0.1, 0.15) is 0 Å². The lowest BCUT2D eigenvalue weighted by atomic mass is 10.3. The van der Waals surface area contributed by atoms with Crippen LogP contribution in [0.1, 0.15) is 6.92 Å². The summed E-state index contributed by atoms with van der Waals surface area (Å²) in [6.07, 6.45) is 0. The molecule has 0 bridgehead atoms. The molecule has 0 spiro atoms. The molecule has 0 aliphatic rings. The molecule has 0 unspecified atom stereocenters. The number of hydrogen-bond acceptors (Lipinski definition) is 3. The fraction of sp³-hybridized carbons (Fsp3) is 0.500. The first-order chi connectivity index (χ1) is 5.07. The SMILES string of the molecule is C[C@H](N)C(=O)N=C(N)/N=N\N. The van der Waals surface area contributed by atoms with E-state index in [9.17, 15) is 4.79 Å². The number of aliphatic imine (C=N–C) groups is 1. The number of carbonyl (C=O) groups excluding carboxylic acids is 1. The number of nitrogens with zero attached hydrogens (tertiary/aromatic N) is 3. The van der Waals surface area contributed by atoms with Gasteiger partial charge in [-0.3, -0.25) is 4.79 Å². The molecule has 6 N–H and O–H groups in total. The van der Waals surface area contributed by atoms with E-state index >= 15 is 0 Å². The van der Waals surface area contributed by atoms with Crippen LogP contribution in [-0.2, 0) is 4.79 Å². The molecule has 1 amide bonds. The van der Waals surface area contributed by atoms with Gasteiger partial charge >= 0.3 is 0 Å². The van der Waals surface area contributed by atoms with Gasteiger partial charge in [0.25, 0.3) is 5.91 Å². The molecule has 0 heterocycles. The molecule has 62 valence electrons. The first kappa shape index (κ1) is 9.50. The van der Waals surface area contributed by atoms with Crippen molar-refractivity contribution in [3.8, 4) is 0 Å². The molecule has 1 atom stereocenters. The molecule has 0 aliphatic carbocycles. The molecular formula is C4H10N6O. The van der Waals surface area contributed by atoms with Crippen LogP contribution in [0.3, 0.4) is 0 Å². The molecule has 0 rings (SSSR count). The van der Waals surface area contributed by atoms with Gasteiger partial charge in [0.15, 0.2) is 0 Å². The van der Waals surface area contributed by atoms with E-state index in [-0.39, 0.29) is 5.96 Å². The Kier molecular flexibility index (Phi) is 3.75. The summed E-state index contributed by atoms with van der Waals surface area (Å²) < 4.78 is 0. The summed E-state index contributed by atoms with van der Waals surface area (Å²) in [5.41, 5.74) is 10.2. The molecule has 0 aromatic heterocycles. The Labute approximate surface area is 63.3 Å². The lowest BCUT2D eigenvalue weighted by molar-refractivity contribution is -0.118. The van der Waals surface area contributed by atoms with Crippen LogP contribution in [0.15, 0.2) is 15.3 Å². The van der Waals surface area contributed by atoms with Gasteiger partial charge in [-0.15, -0.1) is 0 Å². The second-order valence-corrected chi connectivity index (χ2v) is 1.81. The maximum Gasteiger partial charge on any atom is 0.265 e. The van der Waals surface area contributed by atoms with Crippen LogP contribution >= 0.6 is 0 Å². The topological polar surface area (TPSA) is 132 Å². The number of carbonyl (C=O) groups is 1. The molecule has 0 aromatic rings. The number of guanidine groups is 1. The lowest BCUT2D eigenvalue weighted by Crippen LogP contribution is -2.27. The van der Waals surface area contributed by atoms with Crippen LogP contribution in [0, 0.1) is 0 Å². The molecule has 0 aliphatic heterocycles. The van der Waals surface area contributed by atoms with E-state index < -0.39 is 11.9 Å². The zero-order valence-corrected chi connectivity index (χ0v) is 6.06. The molecule has 7 heteroatoms. The largest absolute Gasteiger partial charge is 0.366 e. The summed E-state index contributed by atoms with van der Waals surface area (Å²) in [7, 11) is 0. The van der Waals surface area contributed by atoms with Crippen molar-refractivity contribution in [3.63, 3.8) is 0 Å². The Morgan fingerprint density at radius 1 is 1.55 bits per heavy atom. The Morgan fingerprint density at radius 2 is 2.09 bits per heavy atom. The van der Waals surface area contributed by atoms with Crippen LogP contribution in [0.2, 0.25) is 0 Å². The van der Waals surface area contributed by atoms with Crippen molar-refractivity contribution < 1.29 is 4.79 Å². The van der Waals surface area contributed by atoms with Crippen LogP contribution in [0.25, 0.3) is 0 Å². The van der Waals surface area contributed by atoms with Gasteiger partial charge in [0.2, 0.25) is 5.96 Å². The van der Waals surface area contributed by atoms with Gasteiger partial charge in [-0.25, -0.2) is 0 Å². The highest BCUT2D eigenvalue weighted by molar-refractivity contribution is 5.94. The van der Waals surface area contributed by atoms with Gasteiger partial charge in [0, 0.05) is 0 Å². The first-order valence-electron chi connectivity index (χ1n) is 2.82. The number of amides is 1. The van der Waals surface area contributed by atoms with Crippen LogP contribution in [0.4, 0.5) is 0 Å².